The second kappa shape index (κ2) is 3.70. The Morgan fingerprint density at radius 1 is 1.15 bits per heavy atom. The Balaban J connectivity index is 3.01. The monoisotopic (exact) mass is 239 g/mol. The molecule has 6 heteroatoms. The normalized spacial score (nSPS) is 11.3. The molecular weight excluding hydrogens is 236 g/mol. The highest BCUT2D eigenvalue weighted by Gasteiger charge is 2.22. The molecule has 0 aromatic heterocycles. The van der Waals surface area contributed by atoms with Gasteiger partial charge in [-0.1, -0.05) is 34.8 Å². The number of nitro benzene ring substituents is 1. The second-order valence-electron chi connectivity index (χ2n) is 2.30. The first-order valence-corrected chi connectivity index (χ1v) is 4.36. The summed E-state index contributed by atoms with van der Waals surface area (Å²) in [5.74, 6) is 0. The fraction of sp³-hybridized carbons (Fsp3) is 0.143. The topological polar surface area (TPSA) is 43.1 Å². The van der Waals surface area contributed by atoms with Crippen LogP contribution >= 0.6 is 34.8 Å². The molecule has 0 saturated carbocycles. The van der Waals surface area contributed by atoms with Gasteiger partial charge in [0.05, 0.1) is 4.92 Å². The van der Waals surface area contributed by atoms with Crippen molar-refractivity contribution in [3.05, 3.63) is 39.9 Å². The van der Waals surface area contributed by atoms with E-state index < -0.39 is 8.72 Å². The van der Waals surface area contributed by atoms with Crippen molar-refractivity contribution >= 4 is 40.5 Å². The van der Waals surface area contributed by atoms with Gasteiger partial charge in [-0.25, -0.2) is 0 Å². The number of benzene rings is 1. The number of halogens is 3. The Morgan fingerprint density at radius 2 is 1.62 bits per heavy atom. The van der Waals surface area contributed by atoms with Gasteiger partial charge in [0.1, 0.15) is 0 Å². The zero-order chi connectivity index (χ0) is 10.1. The molecule has 0 saturated heterocycles. The van der Waals surface area contributed by atoms with Crippen molar-refractivity contribution in [1.82, 2.24) is 0 Å². The molecule has 0 aliphatic heterocycles. The Labute approximate surface area is 89.4 Å². The zero-order valence-electron chi connectivity index (χ0n) is 6.21. The van der Waals surface area contributed by atoms with E-state index in [1.165, 1.54) is 24.3 Å². The van der Waals surface area contributed by atoms with Gasteiger partial charge in [-0.05, 0) is 12.1 Å². The van der Waals surface area contributed by atoms with Crippen LogP contribution < -0.4 is 0 Å². The van der Waals surface area contributed by atoms with Crippen LogP contribution in [0.1, 0.15) is 5.56 Å². The molecule has 0 bridgehead atoms. The summed E-state index contributed by atoms with van der Waals surface area (Å²) in [5.41, 5.74) is 0.376. The van der Waals surface area contributed by atoms with Crippen LogP contribution in [0, 0.1) is 10.1 Å². The van der Waals surface area contributed by atoms with Crippen molar-refractivity contribution in [3.63, 3.8) is 0 Å². The van der Waals surface area contributed by atoms with E-state index in [0.717, 1.165) is 0 Å². The molecule has 0 amide bonds. The lowest BCUT2D eigenvalue weighted by atomic mass is 10.2. The summed E-state index contributed by atoms with van der Waals surface area (Å²) in [6, 6.07) is 5.39. The van der Waals surface area contributed by atoms with E-state index in [9.17, 15) is 10.1 Å². The number of hydrogen-bond acceptors (Lipinski definition) is 2. The van der Waals surface area contributed by atoms with Crippen LogP contribution in [0.5, 0.6) is 0 Å². The van der Waals surface area contributed by atoms with Gasteiger partial charge < -0.3 is 0 Å². The van der Waals surface area contributed by atoms with E-state index >= 15 is 0 Å². The van der Waals surface area contributed by atoms with Crippen molar-refractivity contribution in [3.8, 4) is 0 Å². The third-order valence-electron chi connectivity index (χ3n) is 1.41. The standard InChI is InChI=1S/C7H4Cl3NO2/c8-7(9,10)5-1-3-6(4-2-5)11(12)13/h1-4H. The van der Waals surface area contributed by atoms with Crippen LogP contribution in [0.4, 0.5) is 5.69 Å². The van der Waals surface area contributed by atoms with Gasteiger partial charge in [0.2, 0.25) is 3.79 Å². The molecule has 1 aromatic carbocycles. The first-order valence-electron chi connectivity index (χ1n) is 3.23. The minimum atomic E-state index is -1.53. The van der Waals surface area contributed by atoms with Gasteiger partial charge >= 0.3 is 0 Å². The fourth-order valence-corrected chi connectivity index (χ4v) is 1.15. The highest BCUT2D eigenvalue weighted by Crippen LogP contribution is 2.38. The predicted octanol–water partition coefficient (Wildman–Crippen LogP) is 3.42. The summed E-state index contributed by atoms with van der Waals surface area (Å²) in [5, 5.41) is 10.3. The third kappa shape index (κ3) is 2.72. The van der Waals surface area contributed by atoms with Crippen LogP contribution in [0.15, 0.2) is 24.3 Å². The van der Waals surface area contributed by atoms with E-state index in [1.807, 2.05) is 0 Å². The van der Waals surface area contributed by atoms with E-state index in [4.69, 9.17) is 34.8 Å². The molecule has 0 aliphatic carbocycles. The van der Waals surface area contributed by atoms with Crippen molar-refractivity contribution in [2.75, 3.05) is 0 Å². The first-order chi connectivity index (χ1) is 5.91. The average molecular weight is 240 g/mol. The average Bonchev–Trinajstić information content (AvgIpc) is 2.03. The minimum Gasteiger partial charge on any atom is -0.258 e. The van der Waals surface area contributed by atoms with Gasteiger partial charge in [0, 0.05) is 17.7 Å². The molecule has 0 atom stereocenters. The van der Waals surface area contributed by atoms with E-state index in [-0.39, 0.29) is 5.69 Å². The maximum absolute atomic E-state index is 10.3. The highest BCUT2D eigenvalue weighted by atomic mass is 35.6. The van der Waals surface area contributed by atoms with Crippen LogP contribution in [0.25, 0.3) is 0 Å². The van der Waals surface area contributed by atoms with Gasteiger partial charge in [-0.2, -0.15) is 0 Å². The van der Waals surface area contributed by atoms with Crippen LogP contribution in [0.2, 0.25) is 0 Å². The van der Waals surface area contributed by atoms with Crippen LogP contribution in [-0.2, 0) is 3.79 Å². The number of hydrogen-bond donors (Lipinski definition) is 0. The van der Waals surface area contributed by atoms with Crippen molar-refractivity contribution < 1.29 is 4.92 Å². The molecule has 1 aromatic rings. The smallest absolute Gasteiger partial charge is 0.258 e. The number of alkyl halides is 3. The third-order valence-corrected chi connectivity index (χ3v) is 2.06. The molecule has 13 heavy (non-hydrogen) atoms. The van der Waals surface area contributed by atoms with Crippen molar-refractivity contribution in [2.45, 2.75) is 3.79 Å². The molecule has 0 unspecified atom stereocenters. The highest BCUT2D eigenvalue weighted by molar-refractivity contribution is 6.66. The second-order valence-corrected chi connectivity index (χ2v) is 4.58. The summed E-state index contributed by atoms with van der Waals surface area (Å²) >= 11 is 16.7. The molecule has 0 N–H and O–H groups in total. The molecular formula is C7H4Cl3NO2. The SMILES string of the molecule is O=[N+]([O-])c1ccc(C(Cl)(Cl)Cl)cc1. The van der Waals surface area contributed by atoms with Crippen LogP contribution in [-0.4, -0.2) is 4.92 Å². The maximum atomic E-state index is 10.3. The molecule has 0 heterocycles. The number of non-ortho nitro benzene ring substituents is 1. The number of nitro groups is 1. The van der Waals surface area contributed by atoms with Crippen molar-refractivity contribution in [2.24, 2.45) is 0 Å². The van der Waals surface area contributed by atoms with Gasteiger partial charge in [0.25, 0.3) is 5.69 Å². The van der Waals surface area contributed by atoms with Gasteiger partial charge in [-0.15, -0.1) is 0 Å². The Kier molecular flexibility index (Phi) is 3.01. The molecule has 0 radical (unpaired) electrons. The molecule has 3 nitrogen and oxygen atoms in total. The lowest BCUT2D eigenvalue weighted by Gasteiger charge is -2.09. The van der Waals surface area contributed by atoms with E-state index in [1.54, 1.807) is 0 Å². The Morgan fingerprint density at radius 3 is 1.92 bits per heavy atom. The van der Waals surface area contributed by atoms with Crippen molar-refractivity contribution in [1.29, 1.82) is 0 Å². The predicted molar refractivity (Wildman–Crippen MR) is 52.3 cm³/mol. The Hall–Kier alpha value is -0.510. The van der Waals surface area contributed by atoms with E-state index in [0.29, 0.717) is 5.56 Å². The van der Waals surface area contributed by atoms with Crippen LogP contribution in [0.3, 0.4) is 0 Å². The summed E-state index contributed by atoms with van der Waals surface area (Å²) in [6.45, 7) is 0. The summed E-state index contributed by atoms with van der Waals surface area (Å²) in [7, 11) is 0. The summed E-state index contributed by atoms with van der Waals surface area (Å²) in [6.07, 6.45) is 0. The molecule has 0 aliphatic rings. The molecule has 0 fully saturated rings. The van der Waals surface area contributed by atoms with E-state index in [2.05, 4.69) is 0 Å². The molecule has 70 valence electrons. The van der Waals surface area contributed by atoms with Gasteiger partial charge in [0.15, 0.2) is 0 Å². The Bertz CT molecular complexity index is 318. The first kappa shape index (κ1) is 10.6. The number of nitrogens with zero attached hydrogens (tertiary/aromatic N) is 1. The zero-order valence-corrected chi connectivity index (χ0v) is 8.47. The minimum absolute atomic E-state index is 0.0296. The quantitative estimate of drug-likeness (QED) is 0.429. The molecule has 1 rings (SSSR count). The number of rotatable bonds is 1. The maximum Gasteiger partial charge on any atom is 0.269 e. The largest absolute Gasteiger partial charge is 0.269 e. The summed E-state index contributed by atoms with van der Waals surface area (Å²) in [4.78, 5) is 9.76. The lowest BCUT2D eigenvalue weighted by molar-refractivity contribution is -0.384. The summed E-state index contributed by atoms with van der Waals surface area (Å²) < 4.78 is -1.53. The molecule has 0 spiro atoms. The fourth-order valence-electron chi connectivity index (χ4n) is 0.772. The lowest BCUT2D eigenvalue weighted by Crippen LogP contribution is -1.99. The van der Waals surface area contributed by atoms with Gasteiger partial charge in [-0.3, -0.25) is 10.1 Å².